The van der Waals surface area contributed by atoms with Crippen LogP contribution < -0.4 is 5.32 Å². The number of nitrogens with zero attached hydrogens (tertiary/aromatic N) is 1. The highest BCUT2D eigenvalue weighted by atomic mass is 32.1. The molecule has 0 radical (unpaired) electrons. The van der Waals surface area contributed by atoms with Crippen LogP contribution in [-0.4, -0.2) is 23.9 Å². The third-order valence-electron chi connectivity index (χ3n) is 4.90. The number of ether oxygens (including phenoxy) is 1. The van der Waals surface area contributed by atoms with Crippen molar-refractivity contribution in [2.45, 2.75) is 32.6 Å². The fourth-order valence-electron chi connectivity index (χ4n) is 3.32. The minimum atomic E-state index is -0.519. The molecule has 1 heterocycles. The van der Waals surface area contributed by atoms with Gasteiger partial charge in [-0.15, -0.1) is 11.3 Å². The van der Waals surface area contributed by atoms with Crippen molar-refractivity contribution in [1.29, 1.82) is 0 Å². The second-order valence-electron chi connectivity index (χ2n) is 6.47. The summed E-state index contributed by atoms with van der Waals surface area (Å²) >= 11 is 1.41. The van der Waals surface area contributed by atoms with Gasteiger partial charge in [-0.05, 0) is 42.9 Å². The molecule has 0 bridgehead atoms. The van der Waals surface area contributed by atoms with Gasteiger partial charge in [-0.1, -0.05) is 13.3 Å². The standard InChI is InChI=1S/C19H20N2O5S/c1-3-11-4-9-14-15(10-11)27-18(16(14)19(23)26-2)20-17(22)12-5-7-13(8-6-12)21(24)25/h5-8,11H,3-4,9-10H2,1-2H3,(H,20,22)/t11-/m0/s1. The van der Waals surface area contributed by atoms with Gasteiger partial charge in [-0.3, -0.25) is 14.9 Å². The number of carbonyl (C=O) groups is 2. The molecule has 0 saturated carbocycles. The topological polar surface area (TPSA) is 98.5 Å². The molecule has 0 spiro atoms. The van der Waals surface area contributed by atoms with Crippen molar-refractivity contribution in [2.24, 2.45) is 5.92 Å². The van der Waals surface area contributed by atoms with E-state index in [1.165, 1.54) is 42.7 Å². The molecule has 8 heteroatoms. The van der Waals surface area contributed by atoms with Gasteiger partial charge in [0.1, 0.15) is 5.00 Å². The van der Waals surface area contributed by atoms with Crippen LogP contribution in [0, 0.1) is 16.0 Å². The summed E-state index contributed by atoms with van der Waals surface area (Å²) < 4.78 is 4.93. The van der Waals surface area contributed by atoms with Gasteiger partial charge in [0.15, 0.2) is 0 Å². The van der Waals surface area contributed by atoms with Crippen molar-refractivity contribution < 1.29 is 19.2 Å². The van der Waals surface area contributed by atoms with Gasteiger partial charge in [0.25, 0.3) is 11.6 Å². The van der Waals surface area contributed by atoms with Gasteiger partial charge in [0.2, 0.25) is 0 Å². The maximum Gasteiger partial charge on any atom is 0.341 e. The number of non-ortho nitro benzene ring substituents is 1. The molecule has 1 aromatic heterocycles. The van der Waals surface area contributed by atoms with E-state index < -0.39 is 16.8 Å². The lowest BCUT2D eigenvalue weighted by Crippen LogP contribution is -2.16. The monoisotopic (exact) mass is 388 g/mol. The van der Waals surface area contributed by atoms with Gasteiger partial charge in [-0.25, -0.2) is 4.79 Å². The number of benzene rings is 1. The van der Waals surface area contributed by atoms with Crippen LogP contribution in [0.5, 0.6) is 0 Å². The molecule has 1 amide bonds. The summed E-state index contributed by atoms with van der Waals surface area (Å²) in [5.41, 5.74) is 1.60. The van der Waals surface area contributed by atoms with Crippen molar-refractivity contribution in [3.63, 3.8) is 0 Å². The molecular formula is C19H20N2O5S. The number of esters is 1. The van der Waals surface area contributed by atoms with Crippen LogP contribution in [0.4, 0.5) is 10.7 Å². The third-order valence-corrected chi connectivity index (χ3v) is 6.07. The Balaban J connectivity index is 1.89. The number of anilines is 1. The second-order valence-corrected chi connectivity index (χ2v) is 7.58. The molecule has 7 nitrogen and oxygen atoms in total. The van der Waals surface area contributed by atoms with Crippen molar-refractivity contribution in [3.8, 4) is 0 Å². The molecule has 2 aromatic rings. The van der Waals surface area contributed by atoms with E-state index in [2.05, 4.69) is 12.2 Å². The van der Waals surface area contributed by atoms with Crippen LogP contribution in [0.25, 0.3) is 0 Å². The zero-order valence-corrected chi connectivity index (χ0v) is 15.9. The van der Waals surface area contributed by atoms with Crippen molar-refractivity contribution in [2.75, 3.05) is 12.4 Å². The molecule has 0 saturated heterocycles. The smallest absolute Gasteiger partial charge is 0.341 e. The van der Waals surface area contributed by atoms with E-state index in [0.717, 1.165) is 36.1 Å². The summed E-state index contributed by atoms with van der Waals surface area (Å²) in [5, 5.41) is 14.0. The highest BCUT2D eigenvalue weighted by Crippen LogP contribution is 2.41. The normalized spacial score (nSPS) is 15.7. The Labute approximate surface area is 160 Å². The van der Waals surface area contributed by atoms with Gasteiger partial charge in [0, 0.05) is 22.6 Å². The van der Waals surface area contributed by atoms with E-state index in [-0.39, 0.29) is 11.3 Å². The summed E-state index contributed by atoms with van der Waals surface area (Å²) in [6, 6.07) is 5.35. The van der Waals surface area contributed by atoms with Crippen molar-refractivity contribution in [1.82, 2.24) is 0 Å². The highest BCUT2D eigenvalue weighted by Gasteiger charge is 2.29. The molecule has 1 N–H and O–H groups in total. The van der Waals surface area contributed by atoms with E-state index in [1.54, 1.807) is 0 Å². The first-order chi connectivity index (χ1) is 12.9. The van der Waals surface area contributed by atoms with E-state index in [0.29, 0.717) is 16.5 Å². The van der Waals surface area contributed by atoms with Crippen LogP contribution in [0.2, 0.25) is 0 Å². The molecule has 1 aromatic carbocycles. The molecule has 0 unspecified atom stereocenters. The first-order valence-corrected chi connectivity index (χ1v) is 9.54. The van der Waals surface area contributed by atoms with Gasteiger partial charge in [0.05, 0.1) is 17.6 Å². The Kier molecular flexibility index (Phi) is 5.55. The van der Waals surface area contributed by atoms with Crippen LogP contribution >= 0.6 is 11.3 Å². The molecule has 1 aliphatic carbocycles. The number of rotatable bonds is 5. The molecule has 27 heavy (non-hydrogen) atoms. The minimum Gasteiger partial charge on any atom is -0.465 e. The molecule has 1 atom stereocenters. The van der Waals surface area contributed by atoms with Gasteiger partial charge in [-0.2, -0.15) is 0 Å². The lowest BCUT2D eigenvalue weighted by Gasteiger charge is -2.20. The molecule has 0 aliphatic heterocycles. The van der Waals surface area contributed by atoms with E-state index in [4.69, 9.17) is 4.74 Å². The number of nitrogens with one attached hydrogen (secondary N) is 1. The second kappa shape index (κ2) is 7.87. The predicted octanol–water partition coefficient (Wildman–Crippen LogP) is 4.21. The summed E-state index contributed by atoms with van der Waals surface area (Å²) in [6.45, 7) is 2.15. The zero-order valence-electron chi connectivity index (χ0n) is 15.1. The Morgan fingerprint density at radius 3 is 2.63 bits per heavy atom. The molecule has 0 fully saturated rings. The Morgan fingerprint density at radius 1 is 1.33 bits per heavy atom. The Hall–Kier alpha value is -2.74. The number of carbonyl (C=O) groups excluding carboxylic acids is 2. The minimum absolute atomic E-state index is 0.0843. The van der Waals surface area contributed by atoms with E-state index in [1.807, 2.05) is 0 Å². The number of hydrogen-bond donors (Lipinski definition) is 1. The number of nitro benzene ring substituents is 1. The van der Waals surface area contributed by atoms with Crippen LogP contribution in [0.15, 0.2) is 24.3 Å². The van der Waals surface area contributed by atoms with Crippen LogP contribution in [-0.2, 0) is 17.6 Å². The molecular weight excluding hydrogens is 368 g/mol. The fraction of sp³-hybridized carbons (Fsp3) is 0.368. The predicted molar refractivity (Wildman–Crippen MR) is 103 cm³/mol. The number of hydrogen-bond acceptors (Lipinski definition) is 6. The SMILES string of the molecule is CC[C@H]1CCc2c(sc(NC(=O)c3ccc([N+](=O)[O-])cc3)c2C(=O)OC)C1. The largest absolute Gasteiger partial charge is 0.465 e. The van der Waals surface area contributed by atoms with Crippen molar-refractivity contribution in [3.05, 3.63) is 55.9 Å². The van der Waals surface area contributed by atoms with Gasteiger partial charge >= 0.3 is 5.97 Å². The quantitative estimate of drug-likeness (QED) is 0.470. The fourth-order valence-corrected chi connectivity index (χ4v) is 4.66. The third kappa shape index (κ3) is 3.85. The Morgan fingerprint density at radius 2 is 2.04 bits per heavy atom. The maximum absolute atomic E-state index is 12.6. The lowest BCUT2D eigenvalue weighted by atomic mass is 9.85. The molecule has 3 rings (SSSR count). The zero-order chi connectivity index (χ0) is 19.6. The first-order valence-electron chi connectivity index (χ1n) is 8.73. The molecule has 1 aliphatic rings. The maximum atomic E-state index is 12.6. The Bertz CT molecular complexity index is 888. The highest BCUT2D eigenvalue weighted by molar-refractivity contribution is 7.17. The summed E-state index contributed by atoms with van der Waals surface area (Å²) in [7, 11) is 1.33. The van der Waals surface area contributed by atoms with E-state index in [9.17, 15) is 19.7 Å². The number of nitro groups is 1. The number of amides is 1. The number of thiophene rings is 1. The summed E-state index contributed by atoms with van der Waals surface area (Å²) in [6.07, 6.45) is 3.78. The first kappa shape index (κ1) is 19.0. The number of methoxy groups -OCH3 is 1. The number of fused-ring (bicyclic) bond motifs is 1. The van der Waals surface area contributed by atoms with Gasteiger partial charge < -0.3 is 10.1 Å². The summed E-state index contributed by atoms with van der Waals surface area (Å²) in [5.74, 6) is -0.290. The van der Waals surface area contributed by atoms with Crippen molar-refractivity contribution >= 4 is 33.9 Å². The van der Waals surface area contributed by atoms with Crippen LogP contribution in [0.3, 0.4) is 0 Å². The average molecular weight is 388 g/mol. The lowest BCUT2D eigenvalue weighted by molar-refractivity contribution is -0.384. The van der Waals surface area contributed by atoms with E-state index >= 15 is 0 Å². The average Bonchev–Trinajstić information content (AvgIpc) is 3.04. The summed E-state index contributed by atoms with van der Waals surface area (Å²) in [4.78, 5) is 36.2. The van der Waals surface area contributed by atoms with Crippen LogP contribution in [0.1, 0.15) is 50.9 Å². The molecule has 142 valence electrons.